The molecular formula is C24H43N5O3S. The van der Waals surface area contributed by atoms with Crippen molar-refractivity contribution in [3.05, 3.63) is 0 Å². The lowest BCUT2D eigenvalue weighted by atomic mass is 9.78. The van der Waals surface area contributed by atoms with Crippen molar-refractivity contribution in [3.63, 3.8) is 0 Å². The van der Waals surface area contributed by atoms with Crippen LogP contribution in [0, 0.1) is 29.1 Å². The largest absolute Gasteiger partial charge is 0.387 e. The van der Waals surface area contributed by atoms with E-state index in [1.165, 1.54) is 6.42 Å². The highest BCUT2D eigenvalue weighted by Crippen LogP contribution is 2.44. The van der Waals surface area contributed by atoms with Crippen LogP contribution < -0.4 is 11.5 Å². The summed E-state index contributed by atoms with van der Waals surface area (Å²) in [5.41, 5.74) is 11.6. The number of nitrogens with zero attached hydrogens (tertiary/aromatic N) is 2. The van der Waals surface area contributed by atoms with E-state index in [-0.39, 0.29) is 41.3 Å². The maximum atomic E-state index is 13.8. The van der Waals surface area contributed by atoms with E-state index >= 15 is 0 Å². The number of nitrogens with one attached hydrogen (secondary N) is 1. The summed E-state index contributed by atoms with van der Waals surface area (Å²) in [5.74, 6) is 1.15. The van der Waals surface area contributed by atoms with Crippen molar-refractivity contribution in [2.45, 2.75) is 89.1 Å². The Kier molecular flexibility index (Phi) is 8.01. The van der Waals surface area contributed by atoms with Crippen molar-refractivity contribution in [1.82, 2.24) is 9.21 Å². The van der Waals surface area contributed by atoms with E-state index in [9.17, 15) is 13.2 Å². The second-order valence-electron chi connectivity index (χ2n) is 11.0. The number of sulfonamides is 1. The van der Waals surface area contributed by atoms with Gasteiger partial charge in [-0.1, -0.05) is 19.3 Å². The Bertz CT molecular complexity index is 805. The van der Waals surface area contributed by atoms with Crippen LogP contribution in [-0.4, -0.2) is 66.8 Å². The Morgan fingerprint density at radius 1 is 0.939 bits per heavy atom. The minimum absolute atomic E-state index is 0.0119. The van der Waals surface area contributed by atoms with Gasteiger partial charge in [0.25, 0.3) is 0 Å². The fraction of sp³-hybridized carbons (Fsp3) is 0.917. The van der Waals surface area contributed by atoms with Crippen LogP contribution in [0.1, 0.15) is 77.0 Å². The summed E-state index contributed by atoms with van der Waals surface area (Å²) >= 11 is 0. The van der Waals surface area contributed by atoms with Gasteiger partial charge in [0.15, 0.2) is 0 Å². The Hall–Kier alpha value is -1.19. The highest BCUT2D eigenvalue weighted by atomic mass is 32.2. The van der Waals surface area contributed by atoms with Gasteiger partial charge in [0.05, 0.1) is 11.6 Å². The zero-order chi connectivity index (χ0) is 23.6. The third kappa shape index (κ3) is 5.56. The standard InChI is InChI=1S/C24H43N5O3S/c25-11-8-17-9-12-28(13-10-17)24(30)22-14-19-6-7-20(23(26)27)15-21(19)29(22)33(31,32)16-18-4-2-1-3-5-18/h17-22H,1-16,25H2,(H3,26,27). The van der Waals surface area contributed by atoms with Crippen LogP contribution in [0.4, 0.5) is 0 Å². The number of fused-ring (bicyclic) bond motifs is 1. The highest BCUT2D eigenvalue weighted by Gasteiger charge is 2.53. The van der Waals surface area contributed by atoms with Crippen molar-refractivity contribution < 1.29 is 13.2 Å². The first-order valence-electron chi connectivity index (χ1n) is 13.1. The van der Waals surface area contributed by atoms with Crippen LogP contribution in [0.3, 0.4) is 0 Å². The fourth-order valence-corrected chi connectivity index (χ4v) is 9.27. The molecule has 0 bridgehead atoms. The molecule has 5 N–H and O–H groups in total. The van der Waals surface area contributed by atoms with E-state index in [0.717, 1.165) is 57.8 Å². The molecule has 0 spiro atoms. The smallest absolute Gasteiger partial charge is 0.241 e. The number of rotatable bonds is 7. The first-order valence-corrected chi connectivity index (χ1v) is 14.7. The lowest BCUT2D eigenvalue weighted by Crippen LogP contribution is -2.53. The van der Waals surface area contributed by atoms with E-state index in [1.807, 2.05) is 4.90 Å². The highest BCUT2D eigenvalue weighted by molar-refractivity contribution is 7.89. The molecule has 4 fully saturated rings. The van der Waals surface area contributed by atoms with Gasteiger partial charge in [0.1, 0.15) is 6.04 Å². The normalized spacial score (nSPS) is 32.6. The minimum atomic E-state index is -3.57. The second-order valence-corrected chi connectivity index (χ2v) is 12.9. The molecule has 4 aliphatic rings. The zero-order valence-electron chi connectivity index (χ0n) is 20.0. The summed E-state index contributed by atoms with van der Waals surface area (Å²) in [6, 6.07) is -0.796. The average molecular weight is 482 g/mol. The molecule has 0 aromatic carbocycles. The number of amidine groups is 1. The number of carbonyl (C=O) groups excluding carboxylic acids is 1. The van der Waals surface area contributed by atoms with Crippen LogP contribution in [0.2, 0.25) is 0 Å². The van der Waals surface area contributed by atoms with Crippen molar-refractivity contribution in [2.24, 2.45) is 35.1 Å². The Morgan fingerprint density at radius 2 is 1.64 bits per heavy atom. The van der Waals surface area contributed by atoms with Gasteiger partial charge in [-0.25, -0.2) is 8.42 Å². The van der Waals surface area contributed by atoms with E-state index in [0.29, 0.717) is 38.4 Å². The number of hydrogen-bond donors (Lipinski definition) is 3. The number of carbonyl (C=O) groups is 1. The van der Waals surface area contributed by atoms with E-state index < -0.39 is 16.1 Å². The third-order valence-corrected chi connectivity index (χ3v) is 10.9. The minimum Gasteiger partial charge on any atom is -0.387 e. The molecule has 4 atom stereocenters. The molecule has 0 aromatic rings. The molecule has 2 aliphatic heterocycles. The predicted octanol–water partition coefficient (Wildman–Crippen LogP) is 2.28. The summed E-state index contributed by atoms with van der Waals surface area (Å²) < 4.78 is 29.3. The summed E-state index contributed by atoms with van der Waals surface area (Å²) in [7, 11) is -3.57. The van der Waals surface area contributed by atoms with E-state index in [1.54, 1.807) is 4.31 Å². The summed E-state index contributed by atoms with van der Waals surface area (Å²) in [4.78, 5) is 15.6. The first-order chi connectivity index (χ1) is 15.8. The summed E-state index contributed by atoms with van der Waals surface area (Å²) in [6.45, 7) is 2.07. The van der Waals surface area contributed by atoms with Gasteiger partial charge in [0.2, 0.25) is 15.9 Å². The quantitative estimate of drug-likeness (QED) is 0.379. The molecule has 33 heavy (non-hydrogen) atoms. The SMILES string of the molecule is N=C(N)C1CCC2CC(C(=O)N3CCC(CCN)CC3)N(S(=O)(=O)CC3CCCCC3)C2C1. The predicted molar refractivity (Wildman–Crippen MR) is 130 cm³/mol. The Labute approximate surface area is 199 Å². The molecule has 4 rings (SSSR count). The van der Waals surface area contributed by atoms with Crippen LogP contribution in [0.25, 0.3) is 0 Å². The Balaban J connectivity index is 1.54. The van der Waals surface area contributed by atoms with Gasteiger partial charge in [0, 0.05) is 25.0 Å². The summed E-state index contributed by atoms with van der Waals surface area (Å²) in [6.07, 6.45) is 11.0. The maximum Gasteiger partial charge on any atom is 0.241 e. The molecule has 0 aromatic heterocycles. The van der Waals surface area contributed by atoms with Gasteiger partial charge >= 0.3 is 0 Å². The number of amides is 1. The van der Waals surface area contributed by atoms with Crippen LogP contribution >= 0.6 is 0 Å². The van der Waals surface area contributed by atoms with Crippen molar-refractivity contribution in [3.8, 4) is 0 Å². The number of nitrogens with two attached hydrogens (primary N) is 2. The molecule has 2 saturated heterocycles. The van der Waals surface area contributed by atoms with E-state index in [2.05, 4.69) is 0 Å². The van der Waals surface area contributed by atoms with Crippen molar-refractivity contribution in [1.29, 1.82) is 5.41 Å². The number of likely N-dealkylation sites (tertiary alicyclic amines) is 1. The van der Waals surface area contributed by atoms with Crippen LogP contribution in [0.15, 0.2) is 0 Å². The zero-order valence-corrected chi connectivity index (χ0v) is 20.8. The topological polar surface area (TPSA) is 134 Å². The van der Waals surface area contributed by atoms with Gasteiger partial charge in [-0.2, -0.15) is 4.31 Å². The van der Waals surface area contributed by atoms with Crippen LogP contribution in [0.5, 0.6) is 0 Å². The van der Waals surface area contributed by atoms with Gasteiger partial charge in [-0.05, 0) is 82.1 Å². The van der Waals surface area contributed by atoms with Gasteiger partial charge in [-0.15, -0.1) is 0 Å². The number of hydrogen-bond acceptors (Lipinski definition) is 5. The first kappa shape index (κ1) is 24.9. The molecule has 188 valence electrons. The lowest BCUT2D eigenvalue weighted by molar-refractivity contribution is -0.136. The van der Waals surface area contributed by atoms with Crippen LogP contribution in [-0.2, 0) is 14.8 Å². The lowest BCUT2D eigenvalue weighted by Gasteiger charge is -2.38. The molecular weight excluding hydrogens is 438 g/mol. The third-order valence-electron chi connectivity index (χ3n) is 8.83. The van der Waals surface area contributed by atoms with Gasteiger partial charge < -0.3 is 16.4 Å². The molecule has 2 saturated carbocycles. The molecule has 0 radical (unpaired) electrons. The molecule has 9 heteroatoms. The molecule has 1 amide bonds. The fourth-order valence-electron chi connectivity index (χ4n) is 6.94. The monoisotopic (exact) mass is 481 g/mol. The van der Waals surface area contributed by atoms with Crippen molar-refractivity contribution >= 4 is 21.8 Å². The molecule has 2 aliphatic carbocycles. The number of piperidine rings is 1. The molecule has 4 unspecified atom stereocenters. The van der Waals surface area contributed by atoms with E-state index in [4.69, 9.17) is 16.9 Å². The van der Waals surface area contributed by atoms with Gasteiger partial charge in [-0.3, -0.25) is 10.2 Å². The average Bonchev–Trinajstić information content (AvgIpc) is 3.19. The molecule has 2 heterocycles. The summed E-state index contributed by atoms with van der Waals surface area (Å²) in [5, 5.41) is 7.94. The Morgan fingerprint density at radius 3 is 2.27 bits per heavy atom. The molecule has 8 nitrogen and oxygen atoms in total. The van der Waals surface area contributed by atoms with Crippen molar-refractivity contribution in [2.75, 3.05) is 25.4 Å². The maximum absolute atomic E-state index is 13.8. The second kappa shape index (κ2) is 10.6.